The zero-order chi connectivity index (χ0) is 24.9. The minimum absolute atomic E-state index is 0. The number of aliphatic carboxylic acids is 1. The minimum atomic E-state index is -0.979. The Hall–Kier alpha value is -3.04. The molecule has 9 nitrogen and oxygen atoms in total. The van der Waals surface area contributed by atoms with Crippen molar-refractivity contribution in [1.29, 1.82) is 0 Å². The van der Waals surface area contributed by atoms with E-state index in [-0.39, 0.29) is 37.4 Å². The number of nitrogens with one attached hydrogen (secondary N) is 2. The largest absolute Gasteiger partial charge is 0.481 e. The highest BCUT2D eigenvalue weighted by atomic mass is 35.5. The summed E-state index contributed by atoms with van der Waals surface area (Å²) in [6.07, 6.45) is 5.66. The molecule has 1 aromatic carbocycles. The lowest BCUT2D eigenvalue weighted by Gasteiger charge is -2.33. The van der Waals surface area contributed by atoms with Crippen molar-refractivity contribution in [2.75, 3.05) is 38.3 Å². The van der Waals surface area contributed by atoms with Crippen LogP contribution in [0.1, 0.15) is 55.0 Å². The highest BCUT2D eigenvalue weighted by Gasteiger charge is 2.31. The summed E-state index contributed by atoms with van der Waals surface area (Å²) in [4.78, 5) is 31.9. The number of carboxylic acids is 1. The highest BCUT2D eigenvalue weighted by Crippen LogP contribution is 2.39. The van der Waals surface area contributed by atoms with E-state index in [1.54, 1.807) is 18.2 Å². The standard InChI is InChI=1S/C27H34N4O5.ClH/c32-24(33)15-22(21-8-1-9-23-25(21)36-17-35-23)30-27(34)19-6-3-13-31(16-19)14-4-7-20-11-10-18-5-2-12-28-26(18)29-20;/h1,8-11,19,22H,2-7,12-17H2,(H,28,29)(H,30,34)(H,32,33);1H/t19-,22?;/m1./s1. The van der Waals surface area contributed by atoms with Crippen LogP contribution in [0.4, 0.5) is 5.82 Å². The average molecular weight is 531 g/mol. The predicted octanol–water partition coefficient (Wildman–Crippen LogP) is 3.57. The van der Waals surface area contributed by atoms with Crippen molar-refractivity contribution in [3.63, 3.8) is 0 Å². The number of carbonyl (C=O) groups excluding carboxylic acids is 1. The molecule has 2 aromatic rings. The number of nitrogens with zero attached hydrogens (tertiary/aromatic N) is 2. The number of anilines is 1. The van der Waals surface area contributed by atoms with Gasteiger partial charge in [-0.1, -0.05) is 18.2 Å². The van der Waals surface area contributed by atoms with Crippen LogP contribution in [0.5, 0.6) is 11.5 Å². The van der Waals surface area contributed by atoms with Crippen molar-refractivity contribution in [2.45, 2.75) is 51.0 Å². The Bertz CT molecular complexity index is 1110. The van der Waals surface area contributed by atoms with Crippen LogP contribution in [-0.4, -0.2) is 59.8 Å². The summed E-state index contributed by atoms with van der Waals surface area (Å²) in [7, 11) is 0. The Kier molecular flexibility index (Phi) is 9.10. The minimum Gasteiger partial charge on any atom is -0.481 e. The maximum absolute atomic E-state index is 13.2. The van der Waals surface area contributed by atoms with Crippen LogP contribution in [0.25, 0.3) is 0 Å². The second-order valence-electron chi connectivity index (χ2n) is 9.82. The van der Waals surface area contributed by atoms with Gasteiger partial charge in [0.1, 0.15) is 5.82 Å². The van der Waals surface area contributed by atoms with Gasteiger partial charge < -0.3 is 30.1 Å². The van der Waals surface area contributed by atoms with E-state index in [0.29, 0.717) is 23.6 Å². The van der Waals surface area contributed by atoms with Gasteiger partial charge in [0.2, 0.25) is 12.7 Å². The molecular weight excluding hydrogens is 496 g/mol. The molecule has 3 aliphatic heterocycles. The molecule has 37 heavy (non-hydrogen) atoms. The van der Waals surface area contributed by atoms with Crippen molar-refractivity contribution in [3.8, 4) is 11.5 Å². The number of para-hydroxylation sites is 1. The number of hydrogen-bond acceptors (Lipinski definition) is 7. The summed E-state index contributed by atoms with van der Waals surface area (Å²) >= 11 is 0. The van der Waals surface area contributed by atoms with Crippen LogP contribution in [0.3, 0.4) is 0 Å². The second-order valence-corrected chi connectivity index (χ2v) is 9.82. The topological polar surface area (TPSA) is 113 Å². The molecule has 0 bridgehead atoms. The Labute approximate surface area is 223 Å². The third kappa shape index (κ3) is 6.64. The summed E-state index contributed by atoms with van der Waals surface area (Å²) in [5.74, 6) is 0.865. The molecule has 1 amide bonds. The van der Waals surface area contributed by atoms with Crippen LogP contribution >= 0.6 is 12.4 Å². The highest BCUT2D eigenvalue weighted by molar-refractivity contribution is 5.85. The van der Waals surface area contributed by atoms with E-state index in [1.165, 1.54) is 5.56 Å². The van der Waals surface area contributed by atoms with Crippen LogP contribution < -0.4 is 20.1 Å². The number of piperidine rings is 1. The van der Waals surface area contributed by atoms with Crippen LogP contribution in [-0.2, 0) is 22.4 Å². The van der Waals surface area contributed by atoms with Crippen molar-refractivity contribution >= 4 is 30.1 Å². The Morgan fingerprint density at radius 2 is 2.11 bits per heavy atom. The van der Waals surface area contributed by atoms with E-state index in [0.717, 1.165) is 69.7 Å². The van der Waals surface area contributed by atoms with Gasteiger partial charge in [0.25, 0.3) is 0 Å². The van der Waals surface area contributed by atoms with E-state index in [2.05, 4.69) is 27.7 Å². The first kappa shape index (κ1) is 27.0. The normalized spacial score (nSPS) is 19.2. The molecule has 4 heterocycles. The number of aromatic nitrogens is 1. The zero-order valence-electron chi connectivity index (χ0n) is 20.9. The maximum atomic E-state index is 13.2. The van der Waals surface area contributed by atoms with Crippen molar-refractivity contribution in [3.05, 3.63) is 47.2 Å². The molecule has 3 N–H and O–H groups in total. The molecule has 5 rings (SSSR count). The second kappa shape index (κ2) is 12.5. The van der Waals surface area contributed by atoms with E-state index in [1.807, 2.05) is 0 Å². The van der Waals surface area contributed by atoms with Crippen LogP contribution in [0.2, 0.25) is 0 Å². The average Bonchev–Trinajstić information content (AvgIpc) is 3.37. The Morgan fingerprint density at radius 3 is 2.97 bits per heavy atom. The molecule has 200 valence electrons. The predicted molar refractivity (Wildman–Crippen MR) is 141 cm³/mol. The third-order valence-electron chi connectivity index (χ3n) is 7.23. The number of rotatable bonds is 9. The number of benzene rings is 1. The molecule has 0 saturated carbocycles. The quantitative estimate of drug-likeness (QED) is 0.451. The van der Waals surface area contributed by atoms with E-state index < -0.39 is 12.0 Å². The maximum Gasteiger partial charge on any atom is 0.305 e. The van der Waals surface area contributed by atoms with Crippen LogP contribution in [0.15, 0.2) is 30.3 Å². The number of likely N-dealkylation sites (tertiary alicyclic amines) is 1. The van der Waals surface area contributed by atoms with Gasteiger partial charge in [-0.3, -0.25) is 9.59 Å². The fourth-order valence-electron chi connectivity index (χ4n) is 5.39. The van der Waals surface area contributed by atoms with E-state index in [4.69, 9.17) is 14.5 Å². The van der Waals surface area contributed by atoms with Gasteiger partial charge in [0, 0.05) is 24.3 Å². The van der Waals surface area contributed by atoms with Gasteiger partial charge in [-0.25, -0.2) is 4.98 Å². The molecule has 1 fully saturated rings. The monoisotopic (exact) mass is 530 g/mol. The number of hydrogen-bond donors (Lipinski definition) is 3. The van der Waals surface area contributed by atoms with Gasteiger partial charge in [0.05, 0.1) is 18.4 Å². The van der Waals surface area contributed by atoms with Crippen molar-refractivity contribution in [1.82, 2.24) is 15.2 Å². The summed E-state index contributed by atoms with van der Waals surface area (Å²) in [5.41, 5.74) is 3.05. The van der Waals surface area contributed by atoms with Gasteiger partial charge in [-0.05, 0) is 69.3 Å². The first-order valence-corrected chi connectivity index (χ1v) is 12.9. The molecular formula is C27H35ClN4O5. The Balaban J connectivity index is 0.00000320. The van der Waals surface area contributed by atoms with Crippen LogP contribution in [0, 0.1) is 5.92 Å². The number of carbonyl (C=O) groups is 2. The number of aryl methyl sites for hydroxylation is 2. The summed E-state index contributed by atoms with van der Waals surface area (Å²) in [6, 6.07) is 9.01. The number of halogens is 1. The first-order chi connectivity index (χ1) is 17.6. The number of pyridine rings is 1. The lowest BCUT2D eigenvalue weighted by atomic mass is 9.95. The van der Waals surface area contributed by atoms with Gasteiger partial charge in [-0.2, -0.15) is 0 Å². The molecule has 1 aromatic heterocycles. The van der Waals surface area contributed by atoms with E-state index >= 15 is 0 Å². The molecule has 0 spiro atoms. The third-order valence-corrected chi connectivity index (χ3v) is 7.23. The lowest BCUT2D eigenvalue weighted by molar-refractivity contribution is -0.138. The smallest absolute Gasteiger partial charge is 0.305 e. The summed E-state index contributed by atoms with van der Waals surface area (Å²) in [6.45, 7) is 3.64. The molecule has 3 aliphatic rings. The first-order valence-electron chi connectivity index (χ1n) is 12.9. The lowest BCUT2D eigenvalue weighted by Crippen LogP contribution is -2.44. The molecule has 0 aliphatic carbocycles. The van der Waals surface area contributed by atoms with Crippen molar-refractivity contribution in [2.24, 2.45) is 5.92 Å². The van der Waals surface area contributed by atoms with Gasteiger partial charge in [-0.15, -0.1) is 12.4 Å². The van der Waals surface area contributed by atoms with Crippen molar-refractivity contribution < 1.29 is 24.2 Å². The molecule has 0 radical (unpaired) electrons. The fourth-order valence-corrected chi connectivity index (χ4v) is 5.39. The molecule has 1 unspecified atom stereocenters. The van der Waals surface area contributed by atoms with Gasteiger partial charge in [0.15, 0.2) is 11.5 Å². The summed E-state index contributed by atoms with van der Waals surface area (Å²) in [5, 5.41) is 15.9. The molecule has 10 heteroatoms. The number of fused-ring (bicyclic) bond motifs is 2. The fraction of sp³-hybridized carbons (Fsp3) is 0.519. The Morgan fingerprint density at radius 1 is 1.22 bits per heavy atom. The number of amides is 1. The SMILES string of the molecule is Cl.O=C(O)CC(NC(=O)[C@@H]1CCCN(CCCc2ccc3c(n2)NCCC3)C1)c1cccc2c1OCO2. The molecule has 2 atom stereocenters. The van der Waals surface area contributed by atoms with E-state index in [9.17, 15) is 14.7 Å². The zero-order valence-corrected chi connectivity index (χ0v) is 21.7. The van der Waals surface area contributed by atoms with Gasteiger partial charge >= 0.3 is 5.97 Å². The number of carboxylic acid groups (broad SMARTS) is 1. The summed E-state index contributed by atoms with van der Waals surface area (Å²) < 4.78 is 11.0. The molecule has 1 saturated heterocycles. The number of ether oxygens (including phenoxy) is 2.